The van der Waals surface area contributed by atoms with Gasteiger partial charge in [0.2, 0.25) is 15.2 Å². The summed E-state index contributed by atoms with van der Waals surface area (Å²) in [7, 11) is -3.59. The third-order valence-corrected chi connectivity index (χ3v) is 8.57. The van der Waals surface area contributed by atoms with Crippen molar-refractivity contribution in [2.45, 2.75) is 55.3 Å². The van der Waals surface area contributed by atoms with Crippen molar-refractivity contribution in [3.8, 4) is 0 Å². The number of rotatable bonds is 9. The van der Waals surface area contributed by atoms with Crippen LogP contribution < -0.4 is 5.32 Å². The Labute approximate surface area is 208 Å². The van der Waals surface area contributed by atoms with E-state index >= 15 is 0 Å². The number of nitrogens with zero attached hydrogens (tertiary/aromatic N) is 3. The Morgan fingerprint density at radius 1 is 1.20 bits per heavy atom. The number of sulfonamides is 1. The lowest BCUT2D eigenvalue weighted by Gasteiger charge is -2.28. The van der Waals surface area contributed by atoms with E-state index in [1.807, 2.05) is 0 Å². The molecule has 2 atom stereocenters. The van der Waals surface area contributed by atoms with Crippen LogP contribution in [0.5, 0.6) is 0 Å². The zero-order valence-corrected chi connectivity index (χ0v) is 20.8. The molecule has 192 valence electrons. The minimum absolute atomic E-state index is 0.0157. The van der Waals surface area contributed by atoms with Crippen LogP contribution in [0.25, 0.3) is 0 Å². The summed E-state index contributed by atoms with van der Waals surface area (Å²) in [6, 6.07) is 6.21. The van der Waals surface area contributed by atoms with Crippen LogP contribution in [0.15, 0.2) is 29.2 Å². The summed E-state index contributed by atoms with van der Waals surface area (Å²) in [6.07, 6.45) is 1.55. The molecule has 2 saturated heterocycles. The van der Waals surface area contributed by atoms with Crippen LogP contribution in [0.1, 0.15) is 55.7 Å². The highest BCUT2D eigenvalue weighted by atomic mass is 32.2. The number of anilines is 1. The molecule has 2 fully saturated rings. The molecule has 1 aromatic carbocycles. The normalized spacial score (nSPS) is 19.8. The van der Waals surface area contributed by atoms with Gasteiger partial charge in [0, 0.05) is 37.8 Å². The Morgan fingerprint density at radius 3 is 2.54 bits per heavy atom. The lowest BCUT2D eigenvalue weighted by molar-refractivity contribution is -0.136. The van der Waals surface area contributed by atoms with Crippen LogP contribution in [0, 0.1) is 0 Å². The summed E-state index contributed by atoms with van der Waals surface area (Å²) < 4.78 is 43.0. The van der Waals surface area contributed by atoms with E-state index < -0.39 is 34.7 Å². The molecule has 13 heteroatoms. The molecule has 2 unspecified atom stereocenters. The summed E-state index contributed by atoms with van der Waals surface area (Å²) in [4.78, 5) is 17.4. The van der Waals surface area contributed by atoms with Crippen molar-refractivity contribution >= 4 is 32.6 Å². The van der Waals surface area contributed by atoms with Gasteiger partial charge in [0.1, 0.15) is 6.10 Å². The summed E-state index contributed by atoms with van der Waals surface area (Å²) in [5, 5.41) is 21.6. The lowest BCUT2D eigenvalue weighted by atomic mass is 10.1. The van der Waals surface area contributed by atoms with Crippen LogP contribution in [-0.2, 0) is 24.3 Å². The Balaban J connectivity index is 1.53. The molecule has 35 heavy (non-hydrogen) atoms. The van der Waals surface area contributed by atoms with Crippen molar-refractivity contribution in [1.29, 1.82) is 0 Å². The quantitative estimate of drug-likeness (QED) is 0.443. The van der Waals surface area contributed by atoms with Gasteiger partial charge in [0.25, 0.3) is 5.91 Å². The van der Waals surface area contributed by atoms with Crippen LogP contribution in [0.2, 0.25) is 0 Å². The second-order valence-corrected chi connectivity index (χ2v) is 11.2. The van der Waals surface area contributed by atoms with Crippen molar-refractivity contribution in [2.75, 3.05) is 38.2 Å². The molecule has 0 bridgehead atoms. The fourth-order valence-electron chi connectivity index (χ4n) is 4.04. The van der Waals surface area contributed by atoms with Gasteiger partial charge < -0.3 is 19.7 Å². The number of amides is 1. The fourth-order valence-corrected chi connectivity index (χ4v) is 6.18. The molecule has 1 amide bonds. The molecule has 0 aliphatic carbocycles. The Hall–Kier alpha value is -2.00. The van der Waals surface area contributed by atoms with Crippen molar-refractivity contribution in [3.63, 3.8) is 0 Å². The minimum Gasteiger partial charge on any atom is -0.393 e. The predicted octanol–water partition coefficient (Wildman–Crippen LogP) is 1.61. The number of aliphatic hydroxyl groups excluding tert-OH is 2. The largest absolute Gasteiger partial charge is 0.393 e. The molecule has 4 rings (SSSR count). The number of aromatic nitrogens is 2. The highest BCUT2D eigenvalue weighted by Crippen LogP contribution is 2.28. The van der Waals surface area contributed by atoms with Gasteiger partial charge in [0.15, 0.2) is 11.9 Å². The van der Waals surface area contributed by atoms with Gasteiger partial charge in [0.05, 0.1) is 17.6 Å². The molecule has 3 heterocycles. The zero-order valence-electron chi connectivity index (χ0n) is 19.2. The first-order chi connectivity index (χ1) is 16.9. The molecular weight excluding hydrogens is 496 g/mol. The molecule has 0 saturated carbocycles. The second kappa shape index (κ2) is 11.8. The Morgan fingerprint density at radius 2 is 1.89 bits per heavy atom. The van der Waals surface area contributed by atoms with Crippen molar-refractivity contribution < 1.29 is 32.9 Å². The van der Waals surface area contributed by atoms with Gasteiger partial charge in [-0.1, -0.05) is 18.6 Å². The highest BCUT2D eigenvalue weighted by Gasteiger charge is 2.30. The van der Waals surface area contributed by atoms with E-state index in [0.29, 0.717) is 44.7 Å². The van der Waals surface area contributed by atoms with E-state index in [1.165, 1.54) is 16.4 Å². The Bertz CT molecular complexity index is 1080. The highest BCUT2D eigenvalue weighted by molar-refractivity contribution is 7.89. The van der Waals surface area contributed by atoms with Gasteiger partial charge in [-0.15, -0.1) is 0 Å². The van der Waals surface area contributed by atoms with Crippen LogP contribution in [0.3, 0.4) is 0 Å². The molecule has 11 nitrogen and oxygen atoms in total. The SMILES string of the molecule is O=C(Nc1nc(C(O)CO)ns1)C(OC1CCOCC1)c1ccc(S(=O)(=O)N2CCCCC2)cc1. The smallest absolute Gasteiger partial charge is 0.259 e. The van der Waals surface area contributed by atoms with E-state index in [1.54, 1.807) is 12.1 Å². The first-order valence-corrected chi connectivity index (χ1v) is 13.9. The van der Waals surface area contributed by atoms with E-state index in [9.17, 15) is 18.3 Å². The summed E-state index contributed by atoms with van der Waals surface area (Å²) in [5.41, 5.74) is 0.506. The standard InChI is InChI=1S/C22H30N4O7S2/c27-14-18(28)20-23-22(34-25-20)24-21(29)19(33-16-8-12-32-13-9-16)15-4-6-17(7-5-15)35(30,31)26-10-2-1-3-11-26/h4-7,16,18-19,27-28H,1-3,8-14H2,(H,23,24,25,29). The summed E-state index contributed by atoms with van der Waals surface area (Å²) in [5.74, 6) is -0.480. The monoisotopic (exact) mass is 526 g/mol. The first kappa shape index (κ1) is 26.1. The fraction of sp³-hybridized carbons (Fsp3) is 0.591. The maximum atomic E-state index is 13.2. The number of hydrogen-bond donors (Lipinski definition) is 3. The second-order valence-electron chi connectivity index (χ2n) is 8.51. The van der Waals surface area contributed by atoms with Crippen LogP contribution in [-0.4, -0.2) is 77.2 Å². The average Bonchev–Trinajstić information content (AvgIpc) is 3.36. The Kier molecular flexibility index (Phi) is 8.81. The van der Waals surface area contributed by atoms with Crippen LogP contribution >= 0.6 is 11.5 Å². The van der Waals surface area contributed by atoms with E-state index in [2.05, 4.69) is 14.7 Å². The van der Waals surface area contributed by atoms with Crippen molar-refractivity contribution in [3.05, 3.63) is 35.7 Å². The third-order valence-electron chi connectivity index (χ3n) is 6.01. The number of benzene rings is 1. The lowest BCUT2D eigenvalue weighted by Crippen LogP contribution is -2.35. The minimum atomic E-state index is -3.59. The molecular formula is C22H30N4O7S2. The number of ether oxygens (including phenoxy) is 2. The van der Waals surface area contributed by atoms with Gasteiger partial charge in [-0.05, 0) is 43.4 Å². The van der Waals surface area contributed by atoms with Crippen LogP contribution in [0.4, 0.5) is 5.13 Å². The number of piperidine rings is 1. The third kappa shape index (κ3) is 6.42. The maximum absolute atomic E-state index is 13.2. The molecule has 3 N–H and O–H groups in total. The number of carbonyl (C=O) groups excluding carboxylic acids is 1. The van der Waals surface area contributed by atoms with Crippen molar-refractivity contribution in [2.24, 2.45) is 0 Å². The molecule has 2 aliphatic heterocycles. The van der Waals surface area contributed by atoms with Gasteiger partial charge in [-0.3, -0.25) is 10.1 Å². The van der Waals surface area contributed by atoms with E-state index in [4.69, 9.17) is 14.6 Å². The predicted molar refractivity (Wildman–Crippen MR) is 127 cm³/mol. The topological polar surface area (TPSA) is 151 Å². The molecule has 0 spiro atoms. The summed E-state index contributed by atoms with van der Waals surface area (Å²) in [6.45, 7) is 1.55. The average molecular weight is 527 g/mol. The van der Waals surface area contributed by atoms with Gasteiger partial charge >= 0.3 is 0 Å². The number of hydrogen-bond acceptors (Lipinski definition) is 10. The van der Waals surface area contributed by atoms with Gasteiger partial charge in [-0.2, -0.15) is 8.68 Å². The first-order valence-electron chi connectivity index (χ1n) is 11.6. The van der Waals surface area contributed by atoms with Crippen molar-refractivity contribution in [1.82, 2.24) is 13.7 Å². The number of carbonyl (C=O) groups is 1. The zero-order chi connectivity index (χ0) is 24.8. The molecule has 1 aromatic heterocycles. The molecule has 2 aliphatic rings. The van der Waals surface area contributed by atoms with Gasteiger partial charge in [-0.25, -0.2) is 13.4 Å². The number of aliphatic hydroxyl groups is 2. The summed E-state index contributed by atoms with van der Waals surface area (Å²) >= 11 is 0.877. The number of nitrogens with one attached hydrogen (secondary N) is 1. The molecule has 2 aromatic rings. The van der Waals surface area contributed by atoms with E-state index in [0.717, 1.165) is 30.8 Å². The molecule has 0 radical (unpaired) electrons. The van der Waals surface area contributed by atoms with E-state index in [-0.39, 0.29) is 22.0 Å². The maximum Gasteiger partial charge on any atom is 0.259 e.